The number of nitrogens with zero attached hydrogens (tertiary/aromatic N) is 2. The van der Waals surface area contributed by atoms with Gasteiger partial charge in [-0.3, -0.25) is 4.79 Å². The van der Waals surface area contributed by atoms with Crippen molar-refractivity contribution in [2.75, 3.05) is 19.0 Å². The molecule has 0 aliphatic carbocycles. The van der Waals surface area contributed by atoms with E-state index < -0.39 is 11.8 Å². The Labute approximate surface area is 167 Å². The molecule has 0 saturated carbocycles. The number of methoxy groups -OCH3 is 1. The zero-order valence-electron chi connectivity index (χ0n) is 15.9. The topological polar surface area (TPSA) is 85.2 Å². The maximum absolute atomic E-state index is 13.5. The molecule has 0 atom stereocenters. The standard InChI is InChI=1S/C21H21FN4O3/c1-29-16-9-7-15(8-10-16)18-11-12-20(27)26(25-18)14-4-13-23-21(28)24-19-6-3-2-5-17(19)22/h2-3,5-12H,4,13-14H2,1H3,(H2,23,24,28). The molecule has 1 aromatic heterocycles. The Morgan fingerprint density at radius 3 is 2.59 bits per heavy atom. The van der Waals surface area contributed by atoms with Crippen LogP contribution in [0.1, 0.15) is 6.42 Å². The maximum Gasteiger partial charge on any atom is 0.319 e. The molecule has 0 bridgehead atoms. The molecular weight excluding hydrogens is 375 g/mol. The number of hydrogen-bond donors (Lipinski definition) is 2. The van der Waals surface area contributed by atoms with Gasteiger partial charge in [-0.05, 0) is 48.9 Å². The largest absolute Gasteiger partial charge is 0.497 e. The fourth-order valence-electron chi connectivity index (χ4n) is 2.68. The molecule has 2 aromatic carbocycles. The van der Waals surface area contributed by atoms with Gasteiger partial charge in [0.15, 0.2) is 0 Å². The third-order valence-electron chi connectivity index (χ3n) is 4.21. The number of anilines is 1. The van der Waals surface area contributed by atoms with Crippen LogP contribution in [0.4, 0.5) is 14.9 Å². The minimum Gasteiger partial charge on any atom is -0.497 e. The first kappa shape index (κ1) is 20.1. The molecule has 7 nitrogen and oxygen atoms in total. The lowest BCUT2D eigenvalue weighted by molar-refractivity contribution is 0.251. The Hall–Kier alpha value is -3.68. The SMILES string of the molecule is COc1ccc(-c2ccc(=O)n(CCCNC(=O)Nc3ccccc3F)n2)cc1. The Morgan fingerprint density at radius 2 is 1.86 bits per heavy atom. The first-order valence-electron chi connectivity index (χ1n) is 9.09. The maximum atomic E-state index is 13.5. The number of carbonyl (C=O) groups is 1. The second-order valence-corrected chi connectivity index (χ2v) is 6.22. The summed E-state index contributed by atoms with van der Waals surface area (Å²) in [7, 11) is 1.60. The first-order chi connectivity index (χ1) is 14.1. The van der Waals surface area contributed by atoms with Crippen molar-refractivity contribution in [1.29, 1.82) is 0 Å². The van der Waals surface area contributed by atoms with Gasteiger partial charge in [-0.2, -0.15) is 5.10 Å². The predicted molar refractivity (Wildman–Crippen MR) is 109 cm³/mol. The van der Waals surface area contributed by atoms with Gasteiger partial charge in [-0.15, -0.1) is 0 Å². The molecule has 150 valence electrons. The third kappa shape index (κ3) is 5.41. The van der Waals surface area contributed by atoms with Crippen LogP contribution in [0, 0.1) is 5.82 Å². The van der Waals surface area contributed by atoms with E-state index in [1.165, 1.54) is 22.9 Å². The molecule has 0 spiro atoms. The van der Waals surface area contributed by atoms with Crippen molar-refractivity contribution in [2.24, 2.45) is 0 Å². The summed E-state index contributed by atoms with van der Waals surface area (Å²) in [6.07, 6.45) is 0.490. The second-order valence-electron chi connectivity index (χ2n) is 6.22. The van der Waals surface area contributed by atoms with Crippen LogP contribution in [-0.2, 0) is 6.54 Å². The highest BCUT2D eigenvalue weighted by atomic mass is 19.1. The number of aromatic nitrogens is 2. The van der Waals surface area contributed by atoms with E-state index in [1.807, 2.05) is 24.3 Å². The summed E-state index contributed by atoms with van der Waals surface area (Å²) in [5.74, 6) is 0.232. The molecule has 1 heterocycles. The number of rotatable bonds is 7. The fraction of sp³-hybridized carbons (Fsp3) is 0.190. The number of para-hydroxylation sites is 1. The van der Waals surface area contributed by atoms with Crippen molar-refractivity contribution in [1.82, 2.24) is 15.1 Å². The minimum atomic E-state index is -0.512. The number of hydrogen-bond acceptors (Lipinski definition) is 4. The zero-order chi connectivity index (χ0) is 20.6. The highest BCUT2D eigenvalue weighted by molar-refractivity contribution is 5.89. The lowest BCUT2D eigenvalue weighted by Gasteiger charge is -2.10. The van der Waals surface area contributed by atoms with Gasteiger partial charge >= 0.3 is 6.03 Å². The van der Waals surface area contributed by atoms with Crippen LogP contribution in [0.5, 0.6) is 5.75 Å². The van der Waals surface area contributed by atoms with Crippen LogP contribution in [0.25, 0.3) is 11.3 Å². The average Bonchev–Trinajstić information content (AvgIpc) is 2.74. The molecule has 8 heteroatoms. The Morgan fingerprint density at radius 1 is 1.10 bits per heavy atom. The van der Waals surface area contributed by atoms with Gasteiger partial charge in [0.05, 0.1) is 18.5 Å². The quantitative estimate of drug-likeness (QED) is 0.600. The molecule has 0 radical (unpaired) electrons. The normalized spacial score (nSPS) is 10.4. The molecule has 0 unspecified atom stereocenters. The summed E-state index contributed by atoms with van der Waals surface area (Å²) in [5, 5.41) is 9.45. The average molecular weight is 396 g/mol. The number of aryl methyl sites for hydroxylation is 1. The van der Waals surface area contributed by atoms with Crippen LogP contribution < -0.4 is 20.9 Å². The molecule has 0 aliphatic rings. The van der Waals surface area contributed by atoms with E-state index in [9.17, 15) is 14.0 Å². The van der Waals surface area contributed by atoms with Gasteiger partial charge in [-0.25, -0.2) is 13.9 Å². The molecule has 0 fully saturated rings. The van der Waals surface area contributed by atoms with E-state index >= 15 is 0 Å². The number of nitrogens with one attached hydrogen (secondary N) is 2. The van der Waals surface area contributed by atoms with Crippen molar-refractivity contribution in [3.8, 4) is 17.0 Å². The molecular formula is C21H21FN4O3. The molecule has 3 aromatic rings. The lowest BCUT2D eigenvalue weighted by atomic mass is 10.1. The summed E-state index contributed by atoms with van der Waals surface area (Å²) in [5.41, 5.74) is 1.41. The van der Waals surface area contributed by atoms with Gasteiger partial charge in [0.1, 0.15) is 11.6 Å². The van der Waals surface area contributed by atoms with E-state index in [0.717, 1.165) is 11.3 Å². The van der Waals surface area contributed by atoms with Crippen molar-refractivity contribution in [2.45, 2.75) is 13.0 Å². The van der Waals surface area contributed by atoms with Gasteiger partial charge in [-0.1, -0.05) is 12.1 Å². The Bertz CT molecular complexity index is 1030. The van der Waals surface area contributed by atoms with E-state index in [0.29, 0.717) is 25.2 Å². The molecule has 0 aliphatic heterocycles. The van der Waals surface area contributed by atoms with Crippen LogP contribution in [-0.4, -0.2) is 29.5 Å². The highest BCUT2D eigenvalue weighted by Gasteiger charge is 2.07. The van der Waals surface area contributed by atoms with Crippen molar-refractivity contribution < 1.29 is 13.9 Å². The van der Waals surface area contributed by atoms with Crippen molar-refractivity contribution in [3.05, 3.63) is 76.8 Å². The summed E-state index contributed by atoms with van der Waals surface area (Å²) in [4.78, 5) is 23.9. The second kappa shape index (κ2) is 9.50. The smallest absolute Gasteiger partial charge is 0.319 e. The molecule has 3 rings (SSSR count). The van der Waals surface area contributed by atoms with Crippen LogP contribution in [0.15, 0.2) is 65.5 Å². The lowest BCUT2D eigenvalue weighted by Crippen LogP contribution is -2.31. The molecule has 2 amide bonds. The fourth-order valence-corrected chi connectivity index (χ4v) is 2.68. The Balaban J connectivity index is 1.54. The summed E-state index contributed by atoms with van der Waals surface area (Å²) in [6.45, 7) is 0.643. The van der Waals surface area contributed by atoms with E-state index in [1.54, 1.807) is 25.3 Å². The number of benzene rings is 2. The van der Waals surface area contributed by atoms with Crippen LogP contribution in [0.2, 0.25) is 0 Å². The number of amides is 2. The van der Waals surface area contributed by atoms with Crippen LogP contribution in [0.3, 0.4) is 0 Å². The number of urea groups is 1. The van der Waals surface area contributed by atoms with Crippen molar-refractivity contribution in [3.63, 3.8) is 0 Å². The molecule has 2 N–H and O–H groups in total. The van der Waals surface area contributed by atoms with Gasteiger partial charge < -0.3 is 15.4 Å². The van der Waals surface area contributed by atoms with Gasteiger partial charge in [0.25, 0.3) is 5.56 Å². The number of carbonyl (C=O) groups excluding carboxylic acids is 1. The van der Waals surface area contributed by atoms with Gasteiger partial charge in [0.2, 0.25) is 0 Å². The van der Waals surface area contributed by atoms with Crippen molar-refractivity contribution >= 4 is 11.7 Å². The number of ether oxygens (including phenoxy) is 1. The first-order valence-corrected chi connectivity index (χ1v) is 9.09. The zero-order valence-corrected chi connectivity index (χ0v) is 15.9. The summed E-state index contributed by atoms with van der Waals surface area (Å²) < 4.78 is 20.0. The summed E-state index contributed by atoms with van der Waals surface area (Å²) in [6, 6.07) is 15.9. The van der Waals surface area contributed by atoms with Gasteiger partial charge in [0, 0.05) is 24.7 Å². The predicted octanol–water partition coefficient (Wildman–Crippen LogP) is 3.27. The van der Waals surface area contributed by atoms with Crippen LogP contribution >= 0.6 is 0 Å². The van der Waals surface area contributed by atoms with E-state index in [2.05, 4.69) is 15.7 Å². The summed E-state index contributed by atoms with van der Waals surface area (Å²) >= 11 is 0. The molecule has 29 heavy (non-hydrogen) atoms. The monoisotopic (exact) mass is 396 g/mol. The Kier molecular flexibility index (Phi) is 6.57. The molecule has 0 saturated heterocycles. The third-order valence-corrected chi connectivity index (χ3v) is 4.21. The van der Waals surface area contributed by atoms with E-state index in [-0.39, 0.29) is 11.2 Å². The van der Waals surface area contributed by atoms with E-state index in [4.69, 9.17) is 4.74 Å². The number of halogens is 1. The highest BCUT2D eigenvalue weighted by Crippen LogP contribution is 2.19. The minimum absolute atomic E-state index is 0.107.